The Bertz CT molecular complexity index is 2230. The Morgan fingerprint density at radius 2 is 1.74 bits per heavy atom. The summed E-state index contributed by atoms with van der Waals surface area (Å²) in [5.41, 5.74) is 10.5. The number of hydrogen-bond donors (Lipinski definition) is 4. The van der Waals surface area contributed by atoms with E-state index in [0.717, 1.165) is 82.9 Å². The number of aliphatic hydroxyl groups is 2. The van der Waals surface area contributed by atoms with Crippen molar-refractivity contribution in [1.82, 2.24) is 0 Å². The minimum Gasteiger partial charge on any atom is -0.481 e. The van der Waals surface area contributed by atoms with Gasteiger partial charge in [0, 0.05) is 49.4 Å². The number of allylic oxidation sites excluding steroid dienone is 4. The maximum Gasteiger partial charge on any atom is 0.508 e. The number of aliphatic carboxylic acids is 1. The van der Waals surface area contributed by atoms with Crippen LogP contribution < -0.4 is 10.6 Å². The number of nitrogens with zero attached hydrogens (tertiary/aromatic N) is 1. The molecule has 0 amide bonds. The van der Waals surface area contributed by atoms with E-state index in [1.54, 1.807) is 0 Å². The van der Waals surface area contributed by atoms with E-state index in [2.05, 4.69) is 75.7 Å². The molecule has 0 saturated heterocycles. The highest BCUT2D eigenvalue weighted by molar-refractivity contribution is 5.93. The monoisotopic (exact) mass is 951 g/mol. The van der Waals surface area contributed by atoms with Crippen LogP contribution in [0.1, 0.15) is 155 Å². The van der Waals surface area contributed by atoms with Crippen molar-refractivity contribution in [2.45, 2.75) is 174 Å². The third-order valence-corrected chi connectivity index (χ3v) is 20.8. The number of nitrogens with two attached hydrogens (primary N) is 1. The summed E-state index contributed by atoms with van der Waals surface area (Å²) < 4.78 is 18.7. The molecular weight excluding hydrogens is 869 g/mol. The molecule has 11 nitrogen and oxygen atoms in total. The second-order valence-corrected chi connectivity index (χ2v) is 23.9. The Kier molecular flexibility index (Phi) is 14.4. The summed E-state index contributed by atoms with van der Waals surface area (Å²) in [7, 11) is 2.13. The van der Waals surface area contributed by atoms with Crippen molar-refractivity contribution in [3.05, 3.63) is 52.6 Å². The van der Waals surface area contributed by atoms with Crippen LogP contribution in [0.5, 0.6) is 0 Å². The summed E-state index contributed by atoms with van der Waals surface area (Å²) >= 11 is 0. The minimum atomic E-state index is -1.00. The minimum absolute atomic E-state index is 0.0428. The van der Waals surface area contributed by atoms with Crippen molar-refractivity contribution in [1.29, 1.82) is 0 Å². The van der Waals surface area contributed by atoms with Gasteiger partial charge in [0.25, 0.3) is 0 Å². The van der Waals surface area contributed by atoms with Crippen molar-refractivity contribution < 1.29 is 43.9 Å². The van der Waals surface area contributed by atoms with Gasteiger partial charge < -0.3 is 40.2 Å². The zero-order valence-corrected chi connectivity index (χ0v) is 42.5. The first-order chi connectivity index (χ1) is 32.9. The summed E-state index contributed by atoms with van der Waals surface area (Å²) in [5.74, 6) is 7.77. The Hall–Kier alpha value is -3.69. The molecule has 9 rings (SSSR count). The van der Waals surface area contributed by atoms with Crippen LogP contribution in [0.2, 0.25) is 0 Å². The highest BCUT2D eigenvalue weighted by atomic mass is 16.7. The maximum absolute atomic E-state index is 13.3. The van der Waals surface area contributed by atoms with E-state index in [1.807, 2.05) is 13.0 Å². The molecule has 8 aliphatic carbocycles. The largest absolute Gasteiger partial charge is 0.508 e. The molecular formula is C58H82N2O9. The molecule has 16 atom stereocenters. The van der Waals surface area contributed by atoms with Crippen LogP contribution >= 0.6 is 0 Å². The number of carboxylic acid groups (broad SMARTS) is 1. The molecule has 378 valence electrons. The molecule has 8 aliphatic rings. The Morgan fingerprint density at radius 3 is 2.48 bits per heavy atom. The van der Waals surface area contributed by atoms with Gasteiger partial charge in [0.2, 0.25) is 0 Å². The Labute approximate surface area is 411 Å². The summed E-state index contributed by atoms with van der Waals surface area (Å²) in [4.78, 5) is 39.7. The molecule has 69 heavy (non-hydrogen) atoms. The van der Waals surface area contributed by atoms with Crippen LogP contribution in [0.15, 0.2) is 47.1 Å². The van der Waals surface area contributed by atoms with E-state index in [0.29, 0.717) is 57.1 Å². The number of carboxylic acids is 1. The summed E-state index contributed by atoms with van der Waals surface area (Å²) in [6.45, 7) is 12.9. The number of ether oxygens (including phenoxy) is 3. The number of hydrogen-bond acceptors (Lipinski definition) is 10. The molecule has 0 aliphatic heterocycles. The molecule has 0 heterocycles. The normalized spacial score (nSPS) is 40.3. The van der Waals surface area contributed by atoms with Crippen LogP contribution in [-0.2, 0) is 23.8 Å². The fourth-order valence-corrected chi connectivity index (χ4v) is 17.1. The first kappa shape index (κ1) is 50.3. The molecule has 0 aromatic heterocycles. The third-order valence-electron chi connectivity index (χ3n) is 20.8. The lowest BCUT2D eigenvalue weighted by molar-refractivity contribution is -0.211. The van der Waals surface area contributed by atoms with Gasteiger partial charge in [0.05, 0.1) is 25.4 Å². The SMILES string of the molecule is CC#C[C@@]1(O)CC[C@H]2[C@@H]3CCC4=CC(=O)CCC4=C3[C@@H](c3ccc(N(C)CCO[C@H]4CC[C@@]5(C)[C@@H](C4)C[C@@H](OC(=O)OCCCN)[C@@H]4[C@@H]5C[C@H](O)[C@]5(C)[C@@H]([C@H](C)CCC(=O)O)CC[C@@H]45)cc3)C[C@@]21C. The average molecular weight is 951 g/mol. The summed E-state index contributed by atoms with van der Waals surface area (Å²) in [6.07, 6.45) is 13.7. The maximum atomic E-state index is 13.3. The van der Waals surface area contributed by atoms with Gasteiger partial charge in [-0.1, -0.05) is 51.3 Å². The highest BCUT2D eigenvalue weighted by Crippen LogP contribution is 2.70. The van der Waals surface area contributed by atoms with Crippen molar-refractivity contribution >= 4 is 23.6 Å². The standard InChI is InChI=1S/C58H82N2O9/c1-7-23-58(66)25-22-46-43-16-12-37-30-40(61)15-17-42(37)52(43)44(34-56(46,58)4)36-10-13-39(14-11-36)60(6)27-29-67-41-21-24-55(3)38(31-41)32-49(69-54(65)68-28-8-26-59)53-47-19-18-45(35(2)9-20-51(63)64)57(47,5)50(62)33-48(53)55/h10-11,13-14,30,35,38,41,43-50,53,62,66H,8-9,12,15-22,24-29,31-34,59H2,1-6H3,(H,63,64)/t35-,38+,41+,43+,44-,45-,46+,47+,48+,49-,50+,53+,55+,56+,57-,58-/m1/s1. The summed E-state index contributed by atoms with van der Waals surface area (Å²) in [5, 5.41) is 33.9. The number of carbonyl (C=O) groups excluding carboxylic acids is 2. The van der Waals surface area contributed by atoms with Crippen molar-refractivity contribution in [2.75, 3.05) is 38.3 Å². The first-order valence-electron chi connectivity index (χ1n) is 26.9. The van der Waals surface area contributed by atoms with Gasteiger partial charge >= 0.3 is 12.1 Å². The number of rotatable bonds is 14. The lowest BCUT2D eigenvalue weighted by atomic mass is 9.43. The van der Waals surface area contributed by atoms with Gasteiger partial charge in [-0.25, -0.2) is 4.79 Å². The van der Waals surface area contributed by atoms with Gasteiger partial charge in [-0.05, 0) is 197 Å². The van der Waals surface area contributed by atoms with Gasteiger partial charge in [-0.15, -0.1) is 5.92 Å². The zero-order valence-electron chi connectivity index (χ0n) is 42.5. The number of benzene rings is 1. The first-order valence-corrected chi connectivity index (χ1v) is 26.9. The van der Waals surface area contributed by atoms with Gasteiger partial charge in [0.15, 0.2) is 5.78 Å². The molecule has 1 aromatic rings. The predicted molar refractivity (Wildman–Crippen MR) is 266 cm³/mol. The van der Waals surface area contributed by atoms with Crippen molar-refractivity contribution in [3.8, 4) is 11.8 Å². The fourth-order valence-electron chi connectivity index (χ4n) is 17.1. The van der Waals surface area contributed by atoms with Crippen LogP contribution in [0.4, 0.5) is 10.5 Å². The molecule has 0 bridgehead atoms. The smallest absolute Gasteiger partial charge is 0.481 e. The van der Waals surface area contributed by atoms with E-state index in [4.69, 9.17) is 19.9 Å². The molecule has 0 spiro atoms. The van der Waals surface area contributed by atoms with Crippen LogP contribution in [-0.4, -0.2) is 90.5 Å². The number of carbonyl (C=O) groups is 3. The Morgan fingerprint density at radius 1 is 0.957 bits per heavy atom. The average Bonchev–Trinajstić information content (AvgIpc) is 3.81. The molecule has 11 heteroatoms. The summed E-state index contributed by atoms with van der Waals surface area (Å²) in [6, 6.07) is 9.05. The zero-order chi connectivity index (χ0) is 49.0. The van der Waals surface area contributed by atoms with Gasteiger partial charge in [0.1, 0.15) is 11.7 Å². The third kappa shape index (κ3) is 8.92. The quantitative estimate of drug-likeness (QED) is 0.0796. The van der Waals surface area contributed by atoms with Gasteiger partial charge in [-0.3, -0.25) is 9.59 Å². The van der Waals surface area contributed by atoms with Crippen LogP contribution in [0.25, 0.3) is 0 Å². The number of fused-ring (bicyclic) bond motifs is 9. The van der Waals surface area contributed by atoms with Crippen molar-refractivity contribution in [3.63, 3.8) is 0 Å². The number of anilines is 1. The number of likely N-dealkylation sites (N-methyl/N-ethyl adjacent to an activating group) is 1. The molecule has 0 radical (unpaired) electrons. The van der Waals surface area contributed by atoms with E-state index in [9.17, 15) is 29.7 Å². The second kappa shape index (κ2) is 19.7. The molecule has 0 unspecified atom stereocenters. The second-order valence-electron chi connectivity index (χ2n) is 23.9. The predicted octanol–water partition coefficient (Wildman–Crippen LogP) is 9.77. The lowest BCUT2D eigenvalue weighted by Gasteiger charge is -2.64. The fraction of sp³-hybridized carbons (Fsp3) is 0.741. The molecule has 1 aromatic carbocycles. The van der Waals surface area contributed by atoms with Crippen LogP contribution in [0.3, 0.4) is 0 Å². The molecule has 5 N–H and O–H groups in total. The van der Waals surface area contributed by atoms with E-state index >= 15 is 0 Å². The van der Waals surface area contributed by atoms with E-state index < -0.39 is 23.8 Å². The lowest BCUT2D eigenvalue weighted by Crippen LogP contribution is -2.63. The number of aliphatic hydroxyl groups excluding tert-OH is 1. The molecule has 6 fully saturated rings. The van der Waals surface area contributed by atoms with Gasteiger partial charge in [-0.2, -0.15) is 0 Å². The van der Waals surface area contributed by atoms with E-state index in [-0.39, 0.29) is 88.7 Å². The highest BCUT2D eigenvalue weighted by Gasteiger charge is 2.67. The number of ketones is 1. The van der Waals surface area contributed by atoms with Crippen molar-refractivity contribution in [2.24, 2.45) is 69.3 Å². The van der Waals surface area contributed by atoms with E-state index in [1.165, 1.54) is 22.3 Å². The topological polar surface area (TPSA) is 169 Å². The van der Waals surface area contributed by atoms with Crippen LogP contribution in [0, 0.1) is 75.4 Å². The Balaban J connectivity index is 0.873. The molecule has 6 saturated carbocycles.